The van der Waals surface area contributed by atoms with Crippen molar-refractivity contribution in [3.63, 3.8) is 0 Å². The fraction of sp³-hybridized carbons (Fsp3) is 0. The van der Waals surface area contributed by atoms with E-state index in [4.69, 9.17) is 21.1 Å². The van der Waals surface area contributed by atoms with Gasteiger partial charge in [0.2, 0.25) is 5.89 Å². The summed E-state index contributed by atoms with van der Waals surface area (Å²) in [4.78, 5) is 15.0. The minimum atomic E-state index is -1.07. The van der Waals surface area contributed by atoms with Gasteiger partial charge in [-0.2, -0.15) is 0 Å². The van der Waals surface area contributed by atoms with Crippen molar-refractivity contribution >= 4 is 28.7 Å². The number of halogens is 2. The normalized spacial score (nSPS) is 10.9. The van der Waals surface area contributed by atoms with Gasteiger partial charge < -0.3 is 9.52 Å². The molecule has 0 spiro atoms. The Hall–Kier alpha value is -2.40. The molecule has 4 nitrogen and oxygen atoms in total. The number of aromatic nitrogens is 1. The van der Waals surface area contributed by atoms with E-state index in [9.17, 15) is 9.18 Å². The van der Waals surface area contributed by atoms with E-state index in [-0.39, 0.29) is 22.6 Å². The van der Waals surface area contributed by atoms with Crippen molar-refractivity contribution < 1.29 is 18.7 Å². The summed E-state index contributed by atoms with van der Waals surface area (Å²) < 4.78 is 19.1. The van der Waals surface area contributed by atoms with E-state index in [0.717, 1.165) is 0 Å². The van der Waals surface area contributed by atoms with Crippen molar-refractivity contribution in [3.05, 3.63) is 52.8 Å². The third kappa shape index (κ3) is 2.12. The Balaban J connectivity index is 2.17. The van der Waals surface area contributed by atoms with Gasteiger partial charge in [0.05, 0.1) is 11.1 Å². The molecule has 0 aliphatic rings. The predicted octanol–water partition coefficient (Wildman–Crippen LogP) is 3.99. The van der Waals surface area contributed by atoms with E-state index in [1.165, 1.54) is 36.4 Å². The van der Waals surface area contributed by atoms with E-state index in [0.29, 0.717) is 10.5 Å². The molecule has 1 aromatic heterocycles. The summed E-state index contributed by atoms with van der Waals surface area (Å²) in [7, 11) is 0. The molecule has 0 aliphatic carbocycles. The number of hydrogen-bond donors (Lipinski definition) is 1. The number of carboxylic acid groups (broad SMARTS) is 1. The lowest BCUT2D eigenvalue weighted by atomic mass is 10.2. The van der Waals surface area contributed by atoms with Crippen molar-refractivity contribution in [2.45, 2.75) is 0 Å². The Morgan fingerprint density at radius 3 is 2.80 bits per heavy atom. The number of carbonyl (C=O) groups is 1. The lowest BCUT2D eigenvalue weighted by molar-refractivity contribution is 0.0697. The standard InChI is InChI=1S/C14H7ClFNO3/c15-8-2-3-10(16)9(6-8)13-17-11-4-1-7(14(18)19)5-12(11)20-13/h1-6H,(H,18,19). The monoisotopic (exact) mass is 291 g/mol. The lowest BCUT2D eigenvalue weighted by Crippen LogP contribution is -1.94. The summed E-state index contributed by atoms with van der Waals surface area (Å²) in [6, 6.07) is 8.30. The number of fused-ring (bicyclic) bond motifs is 1. The van der Waals surface area contributed by atoms with Gasteiger partial charge in [0.15, 0.2) is 5.58 Å². The molecule has 0 amide bonds. The van der Waals surface area contributed by atoms with Crippen molar-refractivity contribution in [1.82, 2.24) is 4.98 Å². The molecule has 2 aromatic carbocycles. The van der Waals surface area contributed by atoms with Gasteiger partial charge in [0, 0.05) is 5.02 Å². The van der Waals surface area contributed by atoms with Crippen LogP contribution in [0.2, 0.25) is 5.02 Å². The molecule has 0 aliphatic heterocycles. The van der Waals surface area contributed by atoms with Crippen LogP contribution in [0.25, 0.3) is 22.6 Å². The zero-order valence-electron chi connectivity index (χ0n) is 9.93. The van der Waals surface area contributed by atoms with Crippen molar-refractivity contribution in [1.29, 1.82) is 0 Å². The number of aromatic carboxylic acids is 1. The van der Waals surface area contributed by atoms with Gasteiger partial charge in [-0.1, -0.05) is 11.6 Å². The minimum absolute atomic E-state index is 0.0579. The van der Waals surface area contributed by atoms with Crippen LogP contribution in [-0.4, -0.2) is 16.1 Å². The molecule has 3 rings (SSSR count). The van der Waals surface area contributed by atoms with E-state index in [1.54, 1.807) is 0 Å². The van der Waals surface area contributed by atoms with Crippen LogP contribution < -0.4 is 0 Å². The van der Waals surface area contributed by atoms with Gasteiger partial charge in [0.25, 0.3) is 0 Å². The van der Waals surface area contributed by atoms with Gasteiger partial charge in [0.1, 0.15) is 11.3 Å². The second-order valence-electron chi connectivity index (χ2n) is 4.13. The number of nitrogens with zero attached hydrogens (tertiary/aromatic N) is 1. The Kier molecular flexibility index (Phi) is 2.91. The van der Waals surface area contributed by atoms with Crippen molar-refractivity contribution in [2.24, 2.45) is 0 Å². The van der Waals surface area contributed by atoms with Crippen LogP contribution >= 0.6 is 11.6 Å². The number of benzene rings is 2. The minimum Gasteiger partial charge on any atom is -0.478 e. The van der Waals surface area contributed by atoms with Gasteiger partial charge >= 0.3 is 5.97 Å². The average molecular weight is 292 g/mol. The van der Waals surface area contributed by atoms with Crippen LogP contribution in [0.1, 0.15) is 10.4 Å². The summed E-state index contributed by atoms with van der Waals surface area (Å²) >= 11 is 5.82. The first kappa shape index (κ1) is 12.6. The first-order valence-corrected chi connectivity index (χ1v) is 6.02. The zero-order chi connectivity index (χ0) is 14.3. The molecule has 20 heavy (non-hydrogen) atoms. The van der Waals surface area contributed by atoms with E-state index < -0.39 is 11.8 Å². The number of rotatable bonds is 2. The van der Waals surface area contributed by atoms with Crippen LogP contribution in [0.5, 0.6) is 0 Å². The summed E-state index contributed by atoms with van der Waals surface area (Å²) in [5.74, 6) is -1.53. The maximum atomic E-state index is 13.7. The third-order valence-corrected chi connectivity index (χ3v) is 3.03. The Morgan fingerprint density at radius 2 is 2.05 bits per heavy atom. The van der Waals surface area contributed by atoms with Crippen LogP contribution in [-0.2, 0) is 0 Å². The molecule has 0 saturated carbocycles. The Morgan fingerprint density at radius 1 is 1.25 bits per heavy atom. The summed E-state index contributed by atoms with van der Waals surface area (Å²) in [6.07, 6.45) is 0. The third-order valence-electron chi connectivity index (χ3n) is 2.79. The molecule has 0 fully saturated rings. The number of carboxylic acids is 1. The first-order valence-electron chi connectivity index (χ1n) is 5.64. The molecule has 1 heterocycles. The highest BCUT2D eigenvalue weighted by Crippen LogP contribution is 2.28. The average Bonchev–Trinajstić information content (AvgIpc) is 2.83. The van der Waals surface area contributed by atoms with Gasteiger partial charge in [-0.3, -0.25) is 0 Å². The highest BCUT2D eigenvalue weighted by molar-refractivity contribution is 6.30. The second-order valence-corrected chi connectivity index (χ2v) is 4.57. The van der Waals surface area contributed by atoms with Gasteiger partial charge in [-0.25, -0.2) is 14.2 Å². The SMILES string of the molecule is O=C(O)c1ccc2nc(-c3cc(Cl)ccc3F)oc2c1. The van der Waals surface area contributed by atoms with Crippen molar-refractivity contribution in [3.8, 4) is 11.5 Å². The Bertz CT molecular complexity index is 828. The molecule has 0 atom stereocenters. The number of oxazole rings is 1. The lowest BCUT2D eigenvalue weighted by Gasteiger charge is -1.98. The molecule has 6 heteroatoms. The molecule has 3 aromatic rings. The van der Waals surface area contributed by atoms with E-state index >= 15 is 0 Å². The van der Waals surface area contributed by atoms with Crippen molar-refractivity contribution in [2.75, 3.05) is 0 Å². The topological polar surface area (TPSA) is 63.3 Å². The molecule has 0 unspecified atom stereocenters. The summed E-state index contributed by atoms with van der Waals surface area (Å²) in [5, 5.41) is 9.27. The Labute approximate surface area is 117 Å². The highest BCUT2D eigenvalue weighted by Gasteiger charge is 2.14. The molecule has 100 valence electrons. The summed E-state index contributed by atoms with van der Waals surface area (Å²) in [5.41, 5.74) is 0.931. The first-order chi connectivity index (χ1) is 9.54. The molecule has 0 saturated heterocycles. The van der Waals surface area contributed by atoms with Gasteiger partial charge in [-0.05, 0) is 36.4 Å². The van der Waals surface area contributed by atoms with Crippen LogP contribution in [0.3, 0.4) is 0 Å². The van der Waals surface area contributed by atoms with E-state index in [2.05, 4.69) is 4.98 Å². The molecule has 1 N–H and O–H groups in total. The van der Waals surface area contributed by atoms with Crippen LogP contribution in [0.4, 0.5) is 4.39 Å². The molecule has 0 bridgehead atoms. The molecular formula is C14H7ClFNO3. The maximum absolute atomic E-state index is 13.7. The number of hydrogen-bond acceptors (Lipinski definition) is 3. The predicted molar refractivity (Wildman–Crippen MR) is 71.4 cm³/mol. The largest absolute Gasteiger partial charge is 0.478 e. The van der Waals surface area contributed by atoms with Crippen LogP contribution in [0, 0.1) is 5.82 Å². The second kappa shape index (κ2) is 4.61. The molecular weight excluding hydrogens is 285 g/mol. The van der Waals surface area contributed by atoms with E-state index in [1.807, 2.05) is 0 Å². The highest BCUT2D eigenvalue weighted by atomic mass is 35.5. The van der Waals surface area contributed by atoms with Gasteiger partial charge in [-0.15, -0.1) is 0 Å². The molecule has 0 radical (unpaired) electrons. The fourth-order valence-corrected chi connectivity index (χ4v) is 2.01. The smallest absolute Gasteiger partial charge is 0.335 e. The van der Waals surface area contributed by atoms with Crippen LogP contribution in [0.15, 0.2) is 40.8 Å². The quantitative estimate of drug-likeness (QED) is 0.775. The maximum Gasteiger partial charge on any atom is 0.335 e. The fourth-order valence-electron chi connectivity index (χ4n) is 1.83. The summed E-state index contributed by atoms with van der Waals surface area (Å²) in [6.45, 7) is 0. The zero-order valence-corrected chi connectivity index (χ0v) is 10.7.